The summed E-state index contributed by atoms with van der Waals surface area (Å²) in [5.74, 6) is 0.215. The van der Waals surface area contributed by atoms with E-state index in [2.05, 4.69) is 30.8 Å². The second-order valence-electron chi connectivity index (χ2n) is 6.06. The Balaban J connectivity index is 1.45. The van der Waals surface area contributed by atoms with Crippen molar-refractivity contribution in [1.29, 1.82) is 0 Å². The summed E-state index contributed by atoms with van der Waals surface area (Å²) in [5.41, 5.74) is 3.00. The number of anilines is 3. The first-order chi connectivity index (χ1) is 14.1. The fraction of sp³-hybridized carbons (Fsp3) is 0.0500. The van der Waals surface area contributed by atoms with Crippen molar-refractivity contribution in [3.8, 4) is 11.3 Å². The van der Waals surface area contributed by atoms with Crippen LogP contribution in [0.2, 0.25) is 5.02 Å². The number of amides is 1. The van der Waals surface area contributed by atoms with Gasteiger partial charge >= 0.3 is 0 Å². The van der Waals surface area contributed by atoms with Crippen LogP contribution in [0.4, 0.5) is 16.8 Å². The van der Waals surface area contributed by atoms with Gasteiger partial charge in [-0.2, -0.15) is 0 Å². The fourth-order valence-corrected chi connectivity index (χ4v) is 3.26. The van der Waals surface area contributed by atoms with Crippen LogP contribution in [0.15, 0.2) is 60.8 Å². The number of nitrogens with zero attached hydrogens (tertiary/aromatic N) is 4. The third kappa shape index (κ3) is 4.74. The lowest BCUT2D eigenvalue weighted by Gasteiger charge is -2.08. The molecule has 0 saturated carbocycles. The van der Waals surface area contributed by atoms with Crippen molar-refractivity contribution < 1.29 is 4.79 Å². The van der Waals surface area contributed by atoms with Gasteiger partial charge in [0, 0.05) is 28.0 Å². The molecule has 0 bridgehead atoms. The lowest BCUT2D eigenvalue weighted by Crippen LogP contribution is -2.11. The Hall–Kier alpha value is -3.36. The minimum atomic E-state index is -0.242. The molecule has 0 saturated heterocycles. The molecule has 7 nitrogen and oxygen atoms in total. The van der Waals surface area contributed by atoms with Crippen LogP contribution >= 0.6 is 22.9 Å². The Morgan fingerprint density at radius 1 is 1.00 bits per heavy atom. The molecule has 0 fully saturated rings. The monoisotopic (exact) mass is 422 g/mol. The van der Waals surface area contributed by atoms with E-state index in [1.165, 1.54) is 11.3 Å². The number of aromatic nitrogens is 4. The first-order valence-corrected chi connectivity index (χ1v) is 9.84. The molecular weight excluding hydrogens is 408 g/mol. The number of nitrogens with one attached hydrogen (secondary N) is 2. The SMILES string of the molecule is Cc1nnc(NC(=O)c2ccc(Nc3nccc(-c4ccc(Cl)cc4)n3)cc2)s1. The van der Waals surface area contributed by atoms with Crippen LogP contribution < -0.4 is 10.6 Å². The molecule has 0 unspecified atom stereocenters. The number of carbonyl (C=O) groups excluding carboxylic acids is 1. The maximum absolute atomic E-state index is 12.3. The van der Waals surface area contributed by atoms with E-state index < -0.39 is 0 Å². The lowest BCUT2D eigenvalue weighted by atomic mass is 10.1. The van der Waals surface area contributed by atoms with E-state index in [1.807, 2.05) is 37.3 Å². The molecule has 0 aliphatic rings. The summed E-state index contributed by atoms with van der Waals surface area (Å²) in [6.07, 6.45) is 1.69. The Labute approximate surface area is 175 Å². The van der Waals surface area contributed by atoms with Crippen molar-refractivity contribution in [3.63, 3.8) is 0 Å². The van der Waals surface area contributed by atoms with E-state index in [-0.39, 0.29) is 5.91 Å². The third-order valence-electron chi connectivity index (χ3n) is 3.95. The average Bonchev–Trinajstić information content (AvgIpc) is 3.14. The highest BCUT2D eigenvalue weighted by Crippen LogP contribution is 2.22. The summed E-state index contributed by atoms with van der Waals surface area (Å²) in [6.45, 7) is 1.83. The van der Waals surface area contributed by atoms with Gasteiger partial charge in [0.05, 0.1) is 5.69 Å². The minimum Gasteiger partial charge on any atom is -0.324 e. The maximum atomic E-state index is 12.3. The second-order valence-corrected chi connectivity index (χ2v) is 7.67. The summed E-state index contributed by atoms with van der Waals surface area (Å²) in [7, 11) is 0. The van der Waals surface area contributed by atoms with E-state index >= 15 is 0 Å². The van der Waals surface area contributed by atoms with Crippen molar-refractivity contribution in [1.82, 2.24) is 20.2 Å². The fourth-order valence-electron chi connectivity index (χ4n) is 2.55. The quantitative estimate of drug-likeness (QED) is 0.472. The number of hydrogen-bond donors (Lipinski definition) is 2. The highest BCUT2D eigenvalue weighted by atomic mass is 35.5. The number of hydrogen-bond acceptors (Lipinski definition) is 7. The van der Waals surface area contributed by atoms with Crippen molar-refractivity contribution >= 4 is 45.6 Å². The van der Waals surface area contributed by atoms with Gasteiger partial charge in [0.2, 0.25) is 11.1 Å². The van der Waals surface area contributed by atoms with Crippen LogP contribution in [-0.4, -0.2) is 26.1 Å². The highest BCUT2D eigenvalue weighted by molar-refractivity contribution is 7.15. The first-order valence-electron chi connectivity index (χ1n) is 8.64. The largest absolute Gasteiger partial charge is 0.324 e. The molecule has 9 heteroatoms. The van der Waals surface area contributed by atoms with Crippen LogP contribution in [0.5, 0.6) is 0 Å². The standard InChI is InChI=1S/C20H15ClN6OS/c1-12-26-27-20(29-12)25-18(28)14-4-8-16(9-5-14)23-19-22-11-10-17(24-19)13-2-6-15(21)7-3-13/h2-11H,1H3,(H,22,23,24)(H,25,27,28). The van der Waals surface area contributed by atoms with Crippen LogP contribution in [0.25, 0.3) is 11.3 Å². The molecule has 144 valence electrons. The number of halogens is 1. The topological polar surface area (TPSA) is 92.7 Å². The van der Waals surface area contributed by atoms with Gasteiger partial charge in [0.25, 0.3) is 5.91 Å². The van der Waals surface area contributed by atoms with E-state index in [0.29, 0.717) is 21.7 Å². The Bertz CT molecular complexity index is 1140. The molecular formula is C20H15ClN6OS. The van der Waals surface area contributed by atoms with Gasteiger partial charge < -0.3 is 5.32 Å². The van der Waals surface area contributed by atoms with Crippen molar-refractivity contribution in [2.24, 2.45) is 0 Å². The summed E-state index contributed by atoms with van der Waals surface area (Å²) < 4.78 is 0. The molecule has 4 aromatic rings. The lowest BCUT2D eigenvalue weighted by molar-refractivity contribution is 0.102. The third-order valence-corrected chi connectivity index (χ3v) is 4.95. The maximum Gasteiger partial charge on any atom is 0.257 e. The molecule has 2 N–H and O–H groups in total. The Morgan fingerprint density at radius 3 is 2.45 bits per heavy atom. The zero-order chi connectivity index (χ0) is 20.2. The molecule has 29 heavy (non-hydrogen) atoms. The normalized spacial score (nSPS) is 10.6. The van der Waals surface area contributed by atoms with Crippen LogP contribution in [-0.2, 0) is 0 Å². The molecule has 2 heterocycles. The Morgan fingerprint density at radius 2 is 1.76 bits per heavy atom. The zero-order valence-electron chi connectivity index (χ0n) is 15.3. The molecule has 0 aliphatic heterocycles. The first kappa shape index (κ1) is 19.0. The summed E-state index contributed by atoms with van der Waals surface area (Å²) >= 11 is 7.27. The predicted molar refractivity (Wildman–Crippen MR) is 115 cm³/mol. The van der Waals surface area contributed by atoms with Crippen molar-refractivity contribution in [3.05, 3.63) is 76.4 Å². The molecule has 2 aromatic heterocycles. The smallest absolute Gasteiger partial charge is 0.257 e. The van der Waals surface area contributed by atoms with Crippen molar-refractivity contribution in [2.75, 3.05) is 10.6 Å². The van der Waals surface area contributed by atoms with Gasteiger partial charge in [-0.15, -0.1) is 10.2 Å². The van der Waals surface area contributed by atoms with Gasteiger partial charge in [-0.05, 0) is 49.4 Å². The summed E-state index contributed by atoms with van der Waals surface area (Å²) in [5, 5.41) is 15.6. The van der Waals surface area contributed by atoms with E-state index in [4.69, 9.17) is 11.6 Å². The van der Waals surface area contributed by atoms with Crippen molar-refractivity contribution in [2.45, 2.75) is 6.92 Å². The van der Waals surface area contributed by atoms with Crippen LogP contribution in [0.3, 0.4) is 0 Å². The minimum absolute atomic E-state index is 0.242. The van der Waals surface area contributed by atoms with Crippen LogP contribution in [0.1, 0.15) is 15.4 Å². The van der Waals surface area contributed by atoms with Crippen LogP contribution in [0, 0.1) is 6.92 Å². The predicted octanol–water partition coefficient (Wildman–Crippen LogP) is 4.95. The molecule has 2 aromatic carbocycles. The molecule has 0 aliphatic carbocycles. The van der Waals surface area contributed by atoms with Gasteiger partial charge in [0.15, 0.2) is 0 Å². The molecule has 0 atom stereocenters. The zero-order valence-corrected chi connectivity index (χ0v) is 16.8. The molecule has 0 radical (unpaired) electrons. The number of carbonyl (C=O) groups is 1. The highest BCUT2D eigenvalue weighted by Gasteiger charge is 2.09. The molecule has 0 spiro atoms. The Kier molecular flexibility index (Phi) is 5.46. The average molecular weight is 423 g/mol. The number of benzene rings is 2. The number of rotatable bonds is 5. The summed E-state index contributed by atoms with van der Waals surface area (Å²) in [4.78, 5) is 21.1. The van der Waals surface area contributed by atoms with Gasteiger partial charge in [0.1, 0.15) is 5.01 Å². The van der Waals surface area contributed by atoms with E-state index in [1.54, 1.807) is 30.5 Å². The molecule has 4 rings (SSSR count). The van der Waals surface area contributed by atoms with E-state index in [0.717, 1.165) is 22.0 Å². The summed E-state index contributed by atoms with van der Waals surface area (Å²) in [6, 6.07) is 16.3. The van der Waals surface area contributed by atoms with E-state index in [9.17, 15) is 4.79 Å². The van der Waals surface area contributed by atoms with Gasteiger partial charge in [-0.25, -0.2) is 9.97 Å². The number of aryl methyl sites for hydroxylation is 1. The second kappa shape index (κ2) is 8.34. The van der Waals surface area contributed by atoms with Gasteiger partial charge in [-0.3, -0.25) is 10.1 Å². The molecule has 1 amide bonds. The van der Waals surface area contributed by atoms with Gasteiger partial charge in [-0.1, -0.05) is 35.1 Å².